The van der Waals surface area contributed by atoms with Crippen LogP contribution in [-0.4, -0.2) is 28.1 Å². The molecule has 0 radical (unpaired) electrons. The van der Waals surface area contributed by atoms with Crippen molar-refractivity contribution in [3.05, 3.63) is 32.6 Å². The van der Waals surface area contributed by atoms with Crippen LogP contribution >= 0.6 is 27.3 Å². The first-order chi connectivity index (χ1) is 8.08. The van der Waals surface area contributed by atoms with Gasteiger partial charge in [-0.05, 0) is 22.0 Å². The Kier molecular flexibility index (Phi) is 3.49. The molecule has 2 heterocycles. The molecule has 0 atom stereocenters. The molecule has 3 N–H and O–H groups in total. The summed E-state index contributed by atoms with van der Waals surface area (Å²) in [6.45, 7) is 0.555. The van der Waals surface area contributed by atoms with Crippen LogP contribution in [0.5, 0.6) is 0 Å². The second-order valence-corrected chi connectivity index (χ2v) is 5.50. The van der Waals surface area contributed by atoms with Crippen molar-refractivity contribution < 1.29 is 4.79 Å². The summed E-state index contributed by atoms with van der Waals surface area (Å²) in [5.41, 5.74) is 6.01. The Morgan fingerprint density at radius 3 is 3.00 bits per heavy atom. The number of carbonyl (C=O) groups excluding carboxylic acids is 1. The van der Waals surface area contributed by atoms with Crippen LogP contribution in [0.15, 0.2) is 22.1 Å². The number of aromatic nitrogens is 2. The van der Waals surface area contributed by atoms with Crippen molar-refractivity contribution in [2.75, 3.05) is 12.8 Å². The number of halogens is 1. The predicted molar refractivity (Wildman–Crippen MR) is 70.8 cm³/mol. The fourth-order valence-corrected chi connectivity index (χ4v) is 2.92. The van der Waals surface area contributed by atoms with E-state index in [9.17, 15) is 4.79 Å². The quantitative estimate of drug-likeness (QED) is 0.911. The van der Waals surface area contributed by atoms with Crippen LogP contribution in [0.1, 0.15) is 15.2 Å². The molecular weight excluding hydrogens is 304 g/mol. The van der Waals surface area contributed by atoms with Crippen LogP contribution in [0.25, 0.3) is 0 Å². The topological polar surface area (TPSA) is 75.0 Å². The fourth-order valence-electron chi connectivity index (χ4n) is 1.41. The smallest absolute Gasteiger partial charge is 0.259 e. The number of rotatable bonds is 3. The Morgan fingerprint density at radius 2 is 2.47 bits per heavy atom. The van der Waals surface area contributed by atoms with Gasteiger partial charge in [0.25, 0.3) is 5.91 Å². The summed E-state index contributed by atoms with van der Waals surface area (Å²) in [6, 6.07) is 1.99. The minimum Gasteiger partial charge on any atom is -0.383 e. The summed E-state index contributed by atoms with van der Waals surface area (Å²) in [7, 11) is 1.74. The highest BCUT2D eigenvalue weighted by Crippen LogP contribution is 2.21. The van der Waals surface area contributed by atoms with E-state index in [4.69, 9.17) is 5.73 Å². The molecule has 2 rings (SSSR count). The molecule has 0 aliphatic rings. The molecule has 2 aromatic heterocycles. The molecule has 2 aromatic rings. The molecule has 17 heavy (non-hydrogen) atoms. The van der Waals surface area contributed by atoms with Crippen LogP contribution in [0, 0.1) is 0 Å². The first-order valence-electron chi connectivity index (χ1n) is 4.85. The third-order valence-electron chi connectivity index (χ3n) is 2.26. The Morgan fingerprint density at radius 1 is 1.71 bits per heavy atom. The van der Waals surface area contributed by atoms with E-state index >= 15 is 0 Å². The molecule has 5 nitrogen and oxygen atoms in total. The average Bonchev–Trinajstić information content (AvgIpc) is 2.86. The molecule has 7 heteroatoms. The Bertz CT molecular complexity index is 536. The Balaban J connectivity index is 2.08. The van der Waals surface area contributed by atoms with Gasteiger partial charge in [0.15, 0.2) is 0 Å². The number of carbonyl (C=O) groups is 1. The molecule has 0 unspecified atom stereocenters. The van der Waals surface area contributed by atoms with Crippen molar-refractivity contribution in [2.45, 2.75) is 6.54 Å². The Labute approximate surface area is 111 Å². The number of hydrogen-bond donors (Lipinski definition) is 2. The number of thiophene rings is 1. The molecule has 0 aliphatic heterocycles. The van der Waals surface area contributed by atoms with Crippen molar-refractivity contribution in [1.29, 1.82) is 0 Å². The normalized spacial score (nSPS) is 10.5. The van der Waals surface area contributed by atoms with Gasteiger partial charge in [-0.25, -0.2) is 0 Å². The summed E-state index contributed by atoms with van der Waals surface area (Å²) in [5.74, 6) is 0.162. The van der Waals surface area contributed by atoms with Crippen LogP contribution in [-0.2, 0) is 6.54 Å². The first kappa shape index (κ1) is 12.1. The minimum absolute atomic E-state index is 0.138. The molecule has 0 bridgehead atoms. The molecule has 0 saturated heterocycles. The number of nitrogens with two attached hydrogens (primary N) is 1. The predicted octanol–water partition coefficient (Wildman–Crippen LogP) is 2.09. The molecule has 1 amide bonds. The van der Waals surface area contributed by atoms with Gasteiger partial charge in [0.1, 0.15) is 11.4 Å². The van der Waals surface area contributed by atoms with E-state index in [0.717, 1.165) is 9.35 Å². The zero-order chi connectivity index (χ0) is 12.4. The summed E-state index contributed by atoms with van der Waals surface area (Å²) < 4.78 is 1.03. The lowest BCUT2D eigenvalue weighted by Gasteiger charge is -2.15. The van der Waals surface area contributed by atoms with Crippen LogP contribution in [0.3, 0.4) is 0 Å². The number of aromatic amines is 1. The number of nitrogen functional groups attached to an aromatic ring is 1. The second kappa shape index (κ2) is 4.89. The van der Waals surface area contributed by atoms with Crippen LogP contribution in [0.4, 0.5) is 5.82 Å². The van der Waals surface area contributed by atoms with Gasteiger partial charge in [0.05, 0.1) is 12.7 Å². The number of nitrogens with zero attached hydrogens (tertiary/aromatic N) is 2. The molecule has 0 aliphatic carbocycles. The maximum absolute atomic E-state index is 12.0. The highest BCUT2D eigenvalue weighted by molar-refractivity contribution is 9.10. The fraction of sp³-hybridized carbons (Fsp3) is 0.200. The van der Waals surface area contributed by atoms with Crippen molar-refractivity contribution in [3.8, 4) is 0 Å². The molecule has 0 spiro atoms. The van der Waals surface area contributed by atoms with Crippen LogP contribution in [0.2, 0.25) is 0 Å². The summed E-state index contributed by atoms with van der Waals surface area (Å²) >= 11 is 4.98. The Hall–Kier alpha value is -1.34. The third-order valence-corrected chi connectivity index (χ3v) is 3.94. The van der Waals surface area contributed by atoms with Gasteiger partial charge < -0.3 is 10.6 Å². The van der Waals surface area contributed by atoms with Gasteiger partial charge in [0.2, 0.25) is 0 Å². The van der Waals surface area contributed by atoms with E-state index < -0.39 is 0 Å². The zero-order valence-corrected chi connectivity index (χ0v) is 11.5. The van der Waals surface area contributed by atoms with Gasteiger partial charge in [-0.3, -0.25) is 9.89 Å². The minimum atomic E-state index is -0.138. The molecule has 0 aromatic carbocycles. The van der Waals surface area contributed by atoms with E-state index in [1.54, 1.807) is 23.3 Å². The molecular formula is C10H11BrN4OS. The van der Waals surface area contributed by atoms with E-state index in [-0.39, 0.29) is 5.91 Å². The van der Waals surface area contributed by atoms with Crippen molar-refractivity contribution in [1.82, 2.24) is 15.1 Å². The lowest BCUT2D eigenvalue weighted by Crippen LogP contribution is -2.26. The van der Waals surface area contributed by atoms with E-state index in [1.807, 2.05) is 11.4 Å². The highest BCUT2D eigenvalue weighted by Gasteiger charge is 2.16. The van der Waals surface area contributed by atoms with Gasteiger partial charge >= 0.3 is 0 Å². The molecule has 90 valence electrons. The number of anilines is 1. The number of H-pyrrole nitrogens is 1. The van der Waals surface area contributed by atoms with Gasteiger partial charge in [-0.2, -0.15) is 5.10 Å². The number of amides is 1. The number of hydrogen-bond acceptors (Lipinski definition) is 4. The largest absolute Gasteiger partial charge is 0.383 e. The lowest BCUT2D eigenvalue weighted by atomic mass is 10.3. The second-order valence-electron chi connectivity index (χ2n) is 3.59. The van der Waals surface area contributed by atoms with Gasteiger partial charge in [-0.1, -0.05) is 0 Å². The zero-order valence-electron chi connectivity index (χ0n) is 9.11. The van der Waals surface area contributed by atoms with Crippen molar-refractivity contribution in [2.24, 2.45) is 0 Å². The molecule has 0 fully saturated rings. The highest BCUT2D eigenvalue weighted by atomic mass is 79.9. The van der Waals surface area contributed by atoms with Crippen LogP contribution < -0.4 is 5.73 Å². The summed E-state index contributed by atoms with van der Waals surface area (Å²) in [5, 5.41) is 8.27. The summed E-state index contributed by atoms with van der Waals surface area (Å²) in [6.07, 6.45) is 1.44. The SMILES string of the molecule is CN(Cc1cc(Br)cs1)C(=O)c1cn[nH]c1N. The third kappa shape index (κ3) is 2.67. The van der Waals surface area contributed by atoms with Gasteiger partial charge in [0, 0.05) is 21.8 Å². The molecule has 0 saturated carbocycles. The first-order valence-corrected chi connectivity index (χ1v) is 6.52. The lowest BCUT2D eigenvalue weighted by molar-refractivity contribution is 0.0787. The average molecular weight is 315 g/mol. The summed E-state index contributed by atoms with van der Waals surface area (Å²) in [4.78, 5) is 14.7. The maximum Gasteiger partial charge on any atom is 0.259 e. The van der Waals surface area contributed by atoms with E-state index in [2.05, 4.69) is 26.1 Å². The van der Waals surface area contributed by atoms with Crippen molar-refractivity contribution in [3.63, 3.8) is 0 Å². The van der Waals surface area contributed by atoms with E-state index in [1.165, 1.54) is 6.20 Å². The standard InChI is InChI=1S/C10H11BrN4OS/c1-15(4-7-2-6(11)5-17-7)10(16)8-3-13-14-9(8)12/h2-3,5H,4H2,1H3,(H3,12,13,14). The maximum atomic E-state index is 12.0. The van der Waals surface area contributed by atoms with Gasteiger partial charge in [-0.15, -0.1) is 11.3 Å². The number of nitrogens with one attached hydrogen (secondary N) is 1. The monoisotopic (exact) mass is 314 g/mol. The van der Waals surface area contributed by atoms with E-state index in [0.29, 0.717) is 17.9 Å². The van der Waals surface area contributed by atoms with Crippen molar-refractivity contribution >= 4 is 39.0 Å².